The molecule has 5 nitrogen and oxygen atoms in total. The predicted molar refractivity (Wildman–Crippen MR) is 92.5 cm³/mol. The molecule has 1 saturated carbocycles. The van der Waals surface area contributed by atoms with E-state index in [0.717, 1.165) is 19.3 Å². The minimum Gasteiger partial charge on any atom is -0.356 e. The van der Waals surface area contributed by atoms with Gasteiger partial charge in [0.15, 0.2) is 0 Å². The van der Waals surface area contributed by atoms with E-state index in [1.807, 2.05) is 0 Å². The topological polar surface area (TPSA) is 66.5 Å². The first-order valence-corrected chi connectivity index (χ1v) is 10.7. The molecule has 2 aliphatic rings. The highest BCUT2D eigenvalue weighted by molar-refractivity contribution is 7.88. The van der Waals surface area contributed by atoms with Gasteiger partial charge in [0.1, 0.15) is 0 Å². The van der Waals surface area contributed by atoms with Crippen molar-refractivity contribution >= 4 is 15.9 Å². The molecule has 2 fully saturated rings. The Morgan fingerprint density at radius 1 is 1.17 bits per heavy atom. The summed E-state index contributed by atoms with van der Waals surface area (Å²) in [6.45, 7) is 6.41. The number of sulfonamides is 1. The van der Waals surface area contributed by atoms with E-state index in [-0.39, 0.29) is 11.3 Å². The van der Waals surface area contributed by atoms with Gasteiger partial charge in [-0.25, -0.2) is 12.7 Å². The van der Waals surface area contributed by atoms with Crippen LogP contribution in [0.15, 0.2) is 0 Å². The molecule has 1 heterocycles. The quantitative estimate of drug-likeness (QED) is 0.833. The van der Waals surface area contributed by atoms with Gasteiger partial charge in [-0.15, -0.1) is 0 Å². The second kappa shape index (κ2) is 7.51. The lowest BCUT2D eigenvalue weighted by atomic mass is 9.67. The first-order chi connectivity index (χ1) is 10.7. The Balaban J connectivity index is 1.71. The number of nitrogens with one attached hydrogen (secondary N) is 1. The number of piperidine rings is 1. The van der Waals surface area contributed by atoms with E-state index in [1.165, 1.54) is 29.8 Å². The van der Waals surface area contributed by atoms with Gasteiger partial charge in [-0.1, -0.05) is 26.7 Å². The van der Waals surface area contributed by atoms with Crippen molar-refractivity contribution in [3.05, 3.63) is 0 Å². The standard InChI is InChI=1S/C17H32N2O3S/c1-17(2)9-5-4-6-15(17)12-16(20)18-13-14-7-10-19(11-8-14)23(3,21)22/h14-15H,4-13H2,1-3H3,(H,18,20). The van der Waals surface area contributed by atoms with Crippen molar-refractivity contribution in [2.24, 2.45) is 17.3 Å². The zero-order valence-electron chi connectivity index (χ0n) is 14.8. The van der Waals surface area contributed by atoms with Gasteiger partial charge in [0.05, 0.1) is 6.26 Å². The summed E-state index contributed by atoms with van der Waals surface area (Å²) in [6.07, 6.45) is 8.47. The smallest absolute Gasteiger partial charge is 0.220 e. The van der Waals surface area contributed by atoms with Crippen LogP contribution in [0, 0.1) is 17.3 Å². The Kier molecular flexibility index (Phi) is 6.11. The number of hydrogen-bond acceptors (Lipinski definition) is 3. The van der Waals surface area contributed by atoms with Crippen LogP contribution in [0.4, 0.5) is 0 Å². The van der Waals surface area contributed by atoms with Gasteiger partial charge in [0.2, 0.25) is 15.9 Å². The van der Waals surface area contributed by atoms with Gasteiger partial charge in [-0.3, -0.25) is 4.79 Å². The molecule has 1 aliphatic carbocycles. The maximum absolute atomic E-state index is 12.2. The van der Waals surface area contributed by atoms with Crippen LogP contribution < -0.4 is 5.32 Å². The summed E-state index contributed by atoms with van der Waals surface area (Å²) in [5.41, 5.74) is 0.274. The molecule has 2 rings (SSSR count). The number of nitrogens with zero attached hydrogens (tertiary/aromatic N) is 1. The average Bonchev–Trinajstić information content (AvgIpc) is 2.47. The summed E-state index contributed by atoms with van der Waals surface area (Å²) in [4.78, 5) is 12.2. The van der Waals surface area contributed by atoms with Crippen LogP contribution in [0.5, 0.6) is 0 Å². The third kappa shape index (κ3) is 5.45. The van der Waals surface area contributed by atoms with Gasteiger partial charge in [0.25, 0.3) is 0 Å². The molecule has 1 N–H and O–H groups in total. The molecule has 1 aliphatic heterocycles. The summed E-state index contributed by atoms with van der Waals surface area (Å²) >= 11 is 0. The molecule has 134 valence electrons. The van der Waals surface area contributed by atoms with Gasteiger partial charge >= 0.3 is 0 Å². The first kappa shape index (κ1) is 18.7. The lowest BCUT2D eigenvalue weighted by Crippen LogP contribution is -2.41. The molecule has 0 aromatic rings. The highest BCUT2D eigenvalue weighted by Crippen LogP contribution is 2.42. The van der Waals surface area contributed by atoms with Crippen LogP contribution in [0.2, 0.25) is 0 Å². The highest BCUT2D eigenvalue weighted by Gasteiger charge is 2.33. The van der Waals surface area contributed by atoms with Gasteiger partial charge < -0.3 is 5.32 Å². The van der Waals surface area contributed by atoms with Crippen LogP contribution >= 0.6 is 0 Å². The average molecular weight is 345 g/mol. The Morgan fingerprint density at radius 3 is 2.39 bits per heavy atom. The van der Waals surface area contributed by atoms with Gasteiger partial charge in [-0.05, 0) is 42.9 Å². The summed E-state index contributed by atoms with van der Waals surface area (Å²) in [5.74, 6) is 1.05. The molecule has 1 atom stereocenters. The van der Waals surface area contributed by atoms with Crippen molar-refractivity contribution in [3.63, 3.8) is 0 Å². The molecule has 1 amide bonds. The largest absolute Gasteiger partial charge is 0.356 e. The van der Waals surface area contributed by atoms with Crippen molar-refractivity contribution < 1.29 is 13.2 Å². The molecule has 0 aromatic heterocycles. The zero-order chi connectivity index (χ0) is 17.1. The van der Waals surface area contributed by atoms with E-state index in [2.05, 4.69) is 19.2 Å². The molecule has 23 heavy (non-hydrogen) atoms. The van der Waals surface area contributed by atoms with Gasteiger partial charge in [0, 0.05) is 26.1 Å². The van der Waals surface area contributed by atoms with Crippen molar-refractivity contribution in [1.29, 1.82) is 0 Å². The predicted octanol–water partition coefficient (Wildman–Crippen LogP) is 2.38. The molecule has 0 radical (unpaired) electrons. The first-order valence-electron chi connectivity index (χ1n) is 8.90. The van der Waals surface area contributed by atoms with Crippen LogP contribution in [-0.4, -0.2) is 44.5 Å². The number of carbonyl (C=O) groups is 1. The van der Waals surface area contributed by atoms with E-state index in [4.69, 9.17) is 0 Å². The third-order valence-electron chi connectivity index (χ3n) is 5.79. The minimum atomic E-state index is -3.07. The molecule has 0 aromatic carbocycles. The zero-order valence-corrected chi connectivity index (χ0v) is 15.6. The molecule has 1 unspecified atom stereocenters. The molecule has 1 saturated heterocycles. The van der Waals surface area contributed by atoms with Crippen LogP contribution in [0.25, 0.3) is 0 Å². The van der Waals surface area contributed by atoms with Crippen LogP contribution in [0.1, 0.15) is 58.8 Å². The van der Waals surface area contributed by atoms with Crippen molar-refractivity contribution in [3.8, 4) is 0 Å². The molecule has 6 heteroatoms. The van der Waals surface area contributed by atoms with E-state index in [1.54, 1.807) is 0 Å². The Hall–Kier alpha value is -0.620. The normalized spacial score (nSPS) is 26.8. The van der Waals surface area contributed by atoms with Crippen molar-refractivity contribution in [2.75, 3.05) is 25.9 Å². The maximum Gasteiger partial charge on any atom is 0.220 e. The second-order valence-corrected chi connectivity index (χ2v) is 10.0. The fourth-order valence-corrected chi connectivity index (χ4v) is 4.82. The van der Waals surface area contributed by atoms with Crippen LogP contribution in [-0.2, 0) is 14.8 Å². The number of hydrogen-bond donors (Lipinski definition) is 1. The lowest BCUT2D eigenvalue weighted by Gasteiger charge is -2.38. The lowest BCUT2D eigenvalue weighted by molar-refractivity contribution is -0.123. The van der Waals surface area contributed by atoms with Crippen molar-refractivity contribution in [2.45, 2.75) is 58.8 Å². The van der Waals surface area contributed by atoms with E-state index >= 15 is 0 Å². The second-order valence-electron chi connectivity index (χ2n) is 8.04. The molecular weight excluding hydrogens is 312 g/mol. The van der Waals surface area contributed by atoms with Crippen LogP contribution in [0.3, 0.4) is 0 Å². The van der Waals surface area contributed by atoms with Gasteiger partial charge in [-0.2, -0.15) is 0 Å². The third-order valence-corrected chi connectivity index (χ3v) is 7.09. The summed E-state index contributed by atoms with van der Waals surface area (Å²) in [5, 5.41) is 3.08. The van der Waals surface area contributed by atoms with E-state index in [0.29, 0.717) is 37.9 Å². The maximum atomic E-state index is 12.2. The SMILES string of the molecule is CC1(C)CCCCC1CC(=O)NCC1CCN(S(C)(=O)=O)CC1. The summed E-state index contributed by atoms with van der Waals surface area (Å²) < 4.78 is 24.5. The Labute approximate surface area is 141 Å². The monoisotopic (exact) mass is 344 g/mol. The number of carbonyl (C=O) groups excluding carboxylic acids is 1. The molecule has 0 spiro atoms. The Bertz CT molecular complexity index is 508. The minimum absolute atomic E-state index is 0.163. The van der Waals surface area contributed by atoms with E-state index < -0.39 is 10.0 Å². The molecular formula is C17H32N2O3S. The summed E-state index contributed by atoms with van der Waals surface area (Å²) in [7, 11) is -3.07. The fraction of sp³-hybridized carbons (Fsp3) is 0.941. The number of rotatable bonds is 5. The molecule has 0 bridgehead atoms. The number of amides is 1. The fourth-order valence-electron chi connectivity index (χ4n) is 3.94. The summed E-state index contributed by atoms with van der Waals surface area (Å²) in [6, 6.07) is 0. The van der Waals surface area contributed by atoms with E-state index in [9.17, 15) is 13.2 Å². The highest BCUT2D eigenvalue weighted by atomic mass is 32.2. The Morgan fingerprint density at radius 2 is 1.83 bits per heavy atom. The van der Waals surface area contributed by atoms with Crippen molar-refractivity contribution in [1.82, 2.24) is 9.62 Å².